The van der Waals surface area contributed by atoms with E-state index in [1.54, 1.807) is 25.3 Å². The van der Waals surface area contributed by atoms with Gasteiger partial charge in [0.15, 0.2) is 11.6 Å². The van der Waals surface area contributed by atoms with Gasteiger partial charge < -0.3 is 15.8 Å². The zero-order valence-corrected chi connectivity index (χ0v) is 22.0. The second-order valence-electron chi connectivity index (χ2n) is 8.52. The second-order valence-corrected chi connectivity index (χ2v) is 9.79. The molecule has 11 nitrogen and oxygen atoms in total. The molecular formula is C26H23F2N7O4S. The normalized spacial score (nSPS) is 11.2. The number of anilines is 3. The van der Waals surface area contributed by atoms with Gasteiger partial charge in [0.05, 0.1) is 29.6 Å². The number of hydrogen-bond acceptors (Lipinski definition) is 9. The average Bonchev–Trinajstić information content (AvgIpc) is 2.94. The molecule has 2 aromatic carbocycles. The number of pyridine rings is 1. The van der Waals surface area contributed by atoms with Crippen molar-refractivity contribution in [2.24, 2.45) is 0 Å². The molecule has 4 rings (SSSR count). The fourth-order valence-corrected chi connectivity index (χ4v) is 4.77. The van der Waals surface area contributed by atoms with Gasteiger partial charge in [0, 0.05) is 12.7 Å². The molecule has 4 aromatic rings. The van der Waals surface area contributed by atoms with E-state index in [1.165, 1.54) is 12.3 Å². The van der Waals surface area contributed by atoms with Gasteiger partial charge in [0.25, 0.3) is 5.91 Å². The number of amides is 1. The van der Waals surface area contributed by atoms with Gasteiger partial charge in [-0.15, -0.1) is 0 Å². The number of aromatic nitrogens is 3. The molecule has 0 atom stereocenters. The summed E-state index contributed by atoms with van der Waals surface area (Å²) >= 11 is 0. The molecule has 0 saturated carbocycles. The van der Waals surface area contributed by atoms with E-state index in [0.29, 0.717) is 18.6 Å². The molecule has 0 aliphatic rings. The van der Waals surface area contributed by atoms with Crippen LogP contribution in [-0.2, 0) is 16.8 Å². The molecule has 0 unspecified atom stereocenters. The Kier molecular flexibility index (Phi) is 8.34. The van der Waals surface area contributed by atoms with Crippen molar-refractivity contribution in [3.8, 4) is 11.8 Å². The maximum Gasteiger partial charge on any atom is 0.399 e. The van der Waals surface area contributed by atoms with Gasteiger partial charge in [0.1, 0.15) is 29.2 Å². The van der Waals surface area contributed by atoms with E-state index in [9.17, 15) is 22.4 Å². The average molecular weight is 568 g/mol. The van der Waals surface area contributed by atoms with Crippen LogP contribution in [0.3, 0.4) is 0 Å². The maximum atomic E-state index is 15.7. The van der Waals surface area contributed by atoms with Gasteiger partial charge in [-0.25, -0.2) is 18.7 Å². The topological polar surface area (TPSA) is 164 Å². The zero-order valence-electron chi connectivity index (χ0n) is 21.1. The second kappa shape index (κ2) is 11.9. The number of hydrogen-bond donors (Lipinski definition) is 2. The predicted molar refractivity (Wildman–Crippen MR) is 144 cm³/mol. The van der Waals surface area contributed by atoms with Gasteiger partial charge in [-0.2, -0.15) is 13.7 Å². The Labute approximate surface area is 228 Å². The largest absolute Gasteiger partial charge is 0.497 e. The molecule has 0 aliphatic carbocycles. The highest BCUT2D eigenvalue weighted by molar-refractivity contribution is 7.87. The first-order chi connectivity index (χ1) is 19.1. The van der Waals surface area contributed by atoms with Crippen LogP contribution in [0, 0.1) is 17.1 Å². The molecule has 0 saturated heterocycles. The highest BCUT2D eigenvalue weighted by atomic mass is 32.3. The van der Waals surface area contributed by atoms with Crippen LogP contribution < -0.4 is 20.1 Å². The monoisotopic (exact) mass is 567 g/mol. The summed E-state index contributed by atoms with van der Waals surface area (Å²) in [6.45, 7) is -0.379. The number of methoxy groups -OCH3 is 1. The molecule has 206 valence electrons. The van der Waals surface area contributed by atoms with Crippen LogP contribution in [0.1, 0.15) is 34.3 Å². The molecule has 0 spiro atoms. The summed E-state index contributed by atoms with van der Waals surface area (Å²) in [7, 11) is -3.85. The van der Waals surface area contributed by atoms with Crippen molar-refractivity contribution in [2.75, 3.05) is 29.0 Å². The van der Waals surface area contributed by atoms with Gasteiger partial charge in [-0.3, -0.25) is 9.78 Å². The van der Waals surface area contributed by atoms with Crippen LogP contribution in [0.25, 0.3) is 11.0 Å². The first kappa shape index (κ1) is 28.1. The Hall–Kier alpha value is -4.90. The summed E-state index contributed by atoms with van der Waals surface area (Å²) in [6, 6.07) is 12.4. The van der Waals surface area contributed by atoms with Crippen LogP contribution in [0.4, 0.5) is 25.5 Å². The third-order valence-corrected chi connectivity index (χ3v) is 6.95. The molecule has 14 heteroatoms. The number of nitrogens with zero attached hydrogens (tertiary/aromatic N) is 5. The van der Waals surface area contributed by atoms with Crippen molar-refractivity contribution in [3.63, 3.8) is 0 Å². The molecule has 3 N–H and O–H groups in total. The fourth-order valence-electron chi connectivity index (χ4n) is 4.04. The van der Waals surface area contributed by atoms with Crippen LogP contribution in [-0.4, -0.2) is 42.9 Å². The Morgan fingerprint density at radius 2 is 1.85 bits per heavy atom. The fraction of sp³-hybridized carbons (Fsp3) is 0.192. The first-order valence-electron chi connectivity index (χ1n) is 11.9. The molecule has 2 heterocycles. The minimum Gasteiger partial charge on any atom is -0.497 e. The Morgan fingerprint density at radius 1 is 1.10 bits per heavy atom. The number of nitrogens with two attached hydrogens (primary N) is 1. The number of nitrogens with one attached hydrogen (secondary N) is 1. The van der Waals surface area contributed by atoms with Crippen LogP contribution in [0.2, 0.25) is 0 Å². The van der Waals surface area contributed by atoms with E-state index in [-0.39, 0.29) is 45.2 Å². The van der Waals surface area contributed by atoms with Gasteiger partial charge in [0.2, 0.25) is 0 Å². The molecule has 0 fully saturated rings. The first-order valence-corrected chi connectivity index (χ1v) is 13.2. The van der Waals surface area contributed by atoms with E-state index >= 15 is 4.39 Å². The molecule has 0 radical (unpaired) electrons. The lowest BCUT2D eigenvalue weighted by Crippen LogP contribution is -2.30. The van der Waals surface area contributed by atoms with Crippen molar-refractivity contribution in [2.45, 2.75) is 19.3 Å². The van der Waals surface area contributed by atoms with Gasteiger partial charge in [-0.05, 0) is 55.2 Å². The van der Waals surface area contributed by atoms with E-state index < -0.39 is 33.5 Å². The van der Waals surface area contributed by atoms with E-state index in [2.05, 4.69) is 20.3 Å². The number of fused-ring (bicyclic) bond motifs is 1. The highest BCUT2D eigenvalue weighted by Gasteiger charge is 2.28. The van der Waals surface area contributed by atoms with Gasteiger partial charge >= 0.3 is 10.4 Å². The van der Waals surface area contributed by atoms with Crippen molar-refractivity contribution < 1.29 is 26.2 Å². The zero-order chi connectivity index (χ0) is 28.9. The SMILES string of the molecule is COc1ccc(CCCCN(c2ccc(C#N)c(NC(=O)c3ccnc4c(N)ncnc34)c2F)S(=O)(=O)F)cc1. The number of aryl methyl sites for hydroxylation is 1. The number of carbonyl (C=O) groups is 1. The lowest BCUT2D eigenvalue weighted by atomic mass is 10.1. The Bertz CT molecular complexity index is 1710. The number of unbranched alkanes of at least 4 members (excludes halogenated alkanes) is 1. The number of ether oxygens (including phenoxy) is 1. The number of nitriles is 1. The smallest absolute Gasteiger partial charge is 0.399 e. The van der Waals surface area contributed by atoms with Crippen molar-refractivity contribution in [1.82, 2.24) is 15.0 Å². The minimum absolute atomic E-state index is 0.0151. The number of nitrogen functional groups attached to an aromatic ring is 1. The predicted octanol–water partition coefficient (Wildman–Crippen LogP) is 3.92. The van der Waals surface area contributed by atoms with Crippen molar-refractivity contribution in [3.05, 3.63) is 77.5 Å². The lowest BCUT2D eigenvalue weighted by molar-refractivity contribution is 0.102. The molecule has 0 bridgehead atoms. The van der Waals surface area contributed by atoms with Gasteiger partial charge in [-0.1, -0.05) is 16.0 Å². The maximum absolute atomic E-state index is 15.7. The van der Waals surface area contributed by atoms with Crippen LogP contribution in [0.15, 0.2) is 55.0 Å². The standard InChI is InChI=1S/C26H23F2N7O4S/c1-39-18-8-5-16(6-9-18)4-2-3-13-35(40(28,37)38)20-10-7-17(14-29)22(21(20)27)34-26(36)19-11-12-31-24-23(19)32-15-33-25(24)30/h5-12,15H,2-4,13H2,1H3,(H,34,36)(H2,30,32,33). The third-order valence-electron chi connectivity index (χ3n) is 6.04. The van der Waals surface area contributed by atoms with Crippen LogP contribution >= 0.6 is 0 Å². The van der Waals surface area contributed by atoms with E-state index in [1.807, 2.05) is 12.1 Å². The molecule has 2 aromatic heterocycles. The number of carbonyl (C=O) groups excluding carboxylic acids is 1. The summed E-state index contributed by atoms with van der Waals surface area (Å²) in [5.41, 5.74) is 5.31. The van der Waals surface area contributed by atoms with Crippen LogP contribution in [0.5, 0.6) is 5.75 Å². The summed E-state index contributed by atoms with van der Waals surface area (Å²) < 4.78 is 59.4. The summed E-state index contributed by atoms with van der Waals surface area (Å²) in [4.78, 5) is 24.9. The number of halogens is 2. The van der Waals surface area contributed by atoms with Crippen molar-refractivity contribution in [1.29, 1.82) is 5.26 Å². The molecule has 40 heavy (non-hydrogen) atoms. The Balaban J connectivity index is 1.59. The van der Waals surface area contributed by atoms with E-state index in [0.717, 1.165) is 24.0 Å². The van der Waals surface area contributed by atoms with E-state index in [4.69, 9.17) is 10.5 Å². The number of benzene rings is 2. The summed E-state index contributed by atoms with van der Waals surface area (Å²) in [6.07, 6.45) is 3.63. The summed E-state index contributed by atoms with van der Waals surface area (Å²) in [5, 5.41) is 11.8. The Morgan fingerprint density at radius 3 is 2.52 bits per heavy atom. The minimum atomic E-state index is -5.40. The summed E-state index contributed by atoms with van der Waals surface area (Å²) in [5.74, 6) is -1.48. The molecule has 0 aliphatic heterocycles. The molecular weight excluding hydrogens is 544 g/mol. The quantitative estimate of drug-likeness (QED) is 0.213. The highest BCUT2D eigenvalue weighted by Crippen LogP contribution is 2.32. The third kappa shape index (κ3) is 6.05. The molecule has 1 amide bonds. The van der Waals surface area contributed by atoms with Crippen molar-refractivity contribution >= 4 is 44.5 Å². The number of rotatable bonds is 10. The lowest BCUT2D eigenvalue weighted by Gasteiger charge is -2.22.